The van der Waals surface area contributed by atoms with Crippen molar-refractivity contribution in [1.82, 2.24) is 15.5 Å². The van der Waals surface area contributed by atoms with Crippen LogP contribution in [0.5, 0.6) is 0 Å². The van der Waals surface area contributed by atoms with Gasteiger partial charge in [-0.2, -0.15) is 0 Å². The molecule has 1 saturated heterocycles. The molecule has 2 aliphatic rings. The summed E-state index contributed by atoms with van der Waals surface area (Å²) in [5, 5.41) is 6.99. The predicted molar refractivity (Wildman–Crippen MR) is 117 cm³/mol. The van der Waals surface area contributed by atoms with Gasteiger partial charge in [-0.1, -0.05) is 37.3 Å². The van der Waals surface area contributed by atoms with Crippen LogP contribution in [0.25, 0.3) is 0 Å². The van der Waals surface area contributed by atoms with E-state index in [9.17, 15) is 0 Å². The minimum Gasteiger partial charge on any atom is -0.357 e. The Morgan fingerprint density at radius 3 is 2.60 bits per heavy atom. The summed E-state index contributed by atoms with van der Waals surface area (Å²) in [6.45, 7) is 9.58. The standard InChI is InChI=1S/C20H32N4.HI/c1-3-21-19(22-15-18-11-8-14-24(18)4-2)23-16-20(12-13-20)17-9-6-5-7-10-17;/h5-7,9-10,18H,3-4,8,11-16H2,1-2H3,(H2,21,22,23);1H. The molecular weight excluding hydrogens is 423 g/mol. The number of hydrogen-bond acceptors (Lipinski definition) is 2. The highest BCUT2D eigenvalue weighted by molar-refractivity contribution is 14.0. The van der Waals surface area contributed by atoms with E-state index in [4.69, 9.17) is 4.99 Å². The molecule has 1 aliphatic carbocycles. The van der Waals surface area contributed by atoms with Crippen molar-refractivity contribution in [1.29, 1.82) is 0 Å². The molecule has 3 rings (SSSR count). The van der Waals surface area contributed by atoms with Crippen molar-refractivity contribution < 1.29 is 0 Å². The average Bonchev–Trinajstić information content (AvgIpc) is 3.28. The molecule has 1 aromatic carbocycles. The van der Waals surface area contributed by atoms with E-state index in [1.807, 2.05) is 0 Å². The molecule has 0 radical (unpaired) electrons. The topological polar surface area (TPSA) is 39.7 Å². The van der Waals surface area contributed by atoms with E-state index in [1.54, 1.807) is 0 Å². The Kier molecular flexibility index (Phi) is 8.00. The number of rotatable bonds is 7. The number of aliphatic imine (C=N–C) groups is 1. The summed E-state index contributed by atoms with van der Waals surface area (Å²) in [6.07, 6.45) is 5.14. The Bertz CT molecular complexity index is 542. The summed E-state index contributed by atoms with van der Waals surface area (Å²) >= 11 is 0. The first-order valence-corrected chi connectivity index (χ1v) is 9.59. The van der Waals surface area contributed by atoms with Gasteiger partial charge in [0, 0.05) is 24.5 Å². The van der Waals surface area contributed by atoms with Crippen molar-refractivity contribution in [3.8, 4) is 0 Å². The highest BCUT2D eigenvalue weighted by atomic mass is 127. The SMILES string of the molecule is CCNC(=NCC1(c2ccccc2)CC1)NCC1CCCN1CC.I. The molecule has 1 atom stereocenters. The molecule has 1 saturated carbocycles. The lowest BCUT2D eigenvalue weighted by Crippen LogP contribution is -2.45. The number of halogens is 1. The Balaban J connectivity index is 0.00000225. The van der Waals surface area contributed by atoms with Crippen LogP contribution in [-0.4, -0.2) is 49.6 Å². The monoisotopic (exact) mass is 456 g/mol. The predicted octanol–water partition coefficient (Wildman–Crippen LogP) is 3.38. The molecule has 2 fully saturated rings. The lowest BCUT2D eigenvalue weighted by Gasteiger charge is -2.24. The van der Waals surface area contributed by atoms with Gasteiger partial charge in [-0.25, -0.2) is 0 Å². The van der Waals surface area contributed by atoms with Gasteiger partial charge in [0.25, 0.3) is 0 Å². The fraction of sp³-hybridized carbons (Fsp3) is 0.650. The molecular formula is C20H33IN4. The lowest BCUT2D eigenvalue weighted by molar-refractivity contribution is 0.267. The van der Waals surface area contributed by atoms with E-state index in [2.05, 4.69) is 59.7 Å². The number of nitrogens with one attached hydrogen (secondary N) is 2. The van der Waals surface area contributed by atoms with Crippen molar-refractivity contribution >= 4 is 29.9 Å². The number of likely N-dealkylation sites (tertiary alicyclic amines) is 1. The van der Waals surface area contributed by atoms with Gasteiger partial charge in [0.15, 0.2) is 5.96 Å². The van der Waals surface area contributed by atoms with Crippen LogP contribution < -0.4 is 10.6 Å². The third-order valence-electron chi connectivity index (χ3n) is 5.53. The molecule has 140 valence electrons. The average molecular weight is 456 g/mol. The largest absolute Gasteiger partial charge is 0.357 e. The molecule has 5 heteroatoms. The van der Waals surface area contributed by atoms with Gasteiger partial charge in [-0.15, -0.1) is 24.0 Å². The van der Waals surface area contributed by atoms with Crippen molar-refractivity contribution in [2.45, 2.75) is 51.0 Å². The number of hydrogen-bond donors (Lipinski definition) is 2. The molecule has 25 heavy (non-hydrogen) atoms. The van der Waals surface area contributed by atoms with Gasteiger partial charge >= 0.3 is 0 Å². The maximum Gasteiger partial charge on any atom is 0.191 e. The van der Waals surface area contributed by atoms with E-state index in [1.165, 1.54) is 37.8 Å². The Morgan fingerprint density at radius 1 is 1.20 bits per heavy atom. The van der Waals surface area contributed by atoms with Crippen molar-refractivity contribution in [2.24, 2.45) is 4.99 Å². The zero-order chi connectivity index (χ0) is 16.8. The summed E-state index contributed by atoms with van der Waals surface area (Å²) < 4.78 is 0. The van der Waals surface area contributed by atoms with Gasteiger partial charge in [-0.05, 0) is 51.3 Å². The van der Waals surface area contributed by atoms with Gasteiger partial charge in [0.05, 0.1) is 6.54 Å². The quantitative estimate of drug-likeness (QED) is 0.376. The second kappa shape index (κ2) is 9.76. The first-order chi connectivity index (χ1) is 11.8. The lowest BCUT2D eigenvalue weighted by atomic mass is 9.96. The highest BCUT2D eigenvalue weighted by Crippen LogP contribution is 2.48. The number of benzene rings is 1. The van der Waals surface area contributed by atoms with Crippen LogP contribution >= 0.6 is 24.0 Å². The normalized spacial score (nSPS) is 22.3. The Hall–Kier alpha value is -0.820. The van der Waals surface area contributed by atoms with Crippen molar-refractivity contribution in [2.75, 3.05) is 32.7 Å². The van der Waals surface area contributed by atoms with E-state index in [0.29, 0.717) is 6.04 Å². The molecule has 0 bridgehead atoms. The second-order valence-corrected chi connectivity index (χ2v) is 7.15. The molecule has 1 aliphatic heterocycles. The molecule has 2 N–H and O–H groups in total. The first-order valence-electron chi connectivity index (χ1n) is 9.59. The maximum absolute atomic E-state index is 4.91. The zero-order valence-corrected chi connectivity index (χ0v) is 18.0. The third-order valence-corrected chi connectivity index (χ3v) is 5.53. The van der Waals surface area contributed by atoms with E-state index >= 15 is 0 Å². The van der Waals surface area contributed by atoms with Crippen molar-refractivity contribution in [3.05, 3.63) is 35.9 Å². The first kappa shape index (κ1) is 20.5. The van der Waals surface area contributed by atoms with Crippen LogP contribution in [-0.2, 0) is 5.41 Å². The minimum atomic E-state index is 0. The summed E-state index contributed by atoms with van der Waals surface area (Å²) in [5.41, 5.74) is 1.73. The molecule has 0 spiro atoms. The summed E-state index contributed by atoms with van der Waals surface area (Å²) in [4.78, 5) is 7.48. The van der Waals surface area contributed by atoms with E-state index in [0.717, 1.165) is 32.1 Å². The number of likely N-dealkylation sites (N-methyl/N-ethyl adjacent to an activating group) is 1. The van der Waals surface area contributed by atoms with Crippen LogP contribution in [0.3, 0.4) is 0 Å². The van der Waals surface area contributed by atoms with Crippen LogP contribution in [0.2, 0.25) is 0 Å². The Morgan fingerprint density at radius 2 is 1.96 bits per heavy atom. The molecule has 4 nitrogen and oxygen atoms in total. The van der Waals surface area contributed by atoms with E-state index < -0.39 is 0 Å². The molecule has 1 unspecified atom stereocenters. The summed E-state index contributed by atoms with van der Waals surface area (Å²) in [7, 11) is 0. The van der Waals surface area contributed by atoms with Gasteiger partial charge in [-0.3, -0.25) is 9.89 Å². The van der Waals surface area contributed by atoms with Crippen LogP contribution in [0.4, 0.5) is 0 Å². The van der Waals surface area contributed by atoms with Gasteiger partial charge < -0.3 is 10.6 Å². The fourth-order valence-corrected chi connectivity index (χ4v) is 3.81. The highest BCUT2D eigenvalue weighted by Gasteiger charge is 2.44. The Labute approximate surface area is 169 Å². The van der Waals surface area contributed by atoms with Gasteiger partial charge in [0.1, 0.15) is 0 Å². The molecule has 1 heterocycles. The smallest absolute Gasteiger partial charge is 0.191 e. The number of guanidine groups is 1. The maximum atomic E-state index is 4.91. The van der Waals surface area contributed by atoms with Crippen LogP contribution in [0.15, 0.2) is 35.3 Å². The van der Waals surface area contributed by atoms with E-state index in [-0.39, 0.29) is 29.4 Å². The zero-order valence-electron chi connectivity index (χ0n) is 15.6. The summed E-state index contributed by atoms with van der Waals surface area (Å²) in [6, 6.07) is 11.5. The number of nitrogens with zero attached hydrogens (tertiary/aromatic N) is 2. The van der Waals surface area contributed by atoms with Crippen LogP contribution in [0, 0.1) is 0 Å². The minimum absolute atomic E-state index is 0. The van der Waals surface area contributed by atoms with Crippen molar-refractivity contribution in [3.63, 3.8) is 0 Å². The fourth-order valence-electron chi connectivity index (χ4n) is 3.81. The molecule has 0 amide bonds. The van der Waals surface area contributed by atoms with Crippen LogP contribution in [0.1, 0.15) is 45.1 Å². The molecule has 1 aromatic rings. The third kappa shape index (κ3) is 5.33. The van der Waals surface area contributed by atoms with Gasteiger partial charge in [0.2, 0.25) is 0 Å². The summed E-state index contributed by atoms with van der Waals surface area (Å²) in [5.74, 6) is 0.975. The second-order valence-electron chi connectivity index (χ2n) is 7.15. The molecule has 0 aromatic heterocycles.